The van der Waals surface area contributed by atoms with E-state index < -0.39 is 0 Å². The van der Waals surface area contributed by atoms with E-state index in [2.05, 4.69) is 30.7 Å². The van der Waals surface area contributed by atoms with Crippen LogP contribution in [-0.4, -0.2) is 26.1 Å². The quantitative estimate of drug-likeness (QED) is 0.769. The molecular formula is C15H16N6O2. The van der Waals surface area contributed by atoms with Crippen molar-refractivity contribution in [3.8, 4) is 0 Å². The average Bonchev–Trinajstić information content (AvgIpc) is 3.18. The fourth-order valence-corrected chi connectivity index (χ4v) is 2.47. The van der Waals surface area contributed by atoms with Crippen molar-refractivity contribution in [2.24, 2.45) is 7.05 Å². The number of nitrogens with one attached hydrogen (secondary N) is 2. The molecule has 0 bridgehead atoms. The fourth-order valence-electron chi connectivity index (χ4n) is 2.47. The van der Waals surface area contributed by atoms with Crippen LogP contribution >= 0.6 is 0 Å². The minimum atomic E-state index is -0.270. The van der Waals surface area contributed by atoms with Crippen LogP contribution in [0.1, 0.15) is 30.0 Å². The molecule has 8 heteroatoms. The first kappa shape index (κ1) is 13.7. The molecule has 1 aliphatic rings. The van der Waals surface area contributed by atoms with E-state index in [-0.39, 0.29) is 6.03 Å². The van der Waals surface area contributed by atoms with Gasteiger partial charge in [-0.2, -0.15) is 5.10 Å². The zero-order valence-electron chi connectivity index (χ0n) is 12.6. The van der Waals surface area contributed by atoms with Crippen LogP contribution in [-0.2, 0) is 13.6 Å². The Hall–Kier alpha value is -2.90. The predicted octanol–water partition coefficient (Wildman–Crippen LogP) is 2.16. The van der Waals surface area contributed by atoms with Gasteiger partial charge in [-0.3, -0.25) is 10.00 Å². The SMILES string of the molecule is Cn1nc(C2CC2)cc1NC(=O)NCc1ccc2nonc2c1. The van der Waals surface area contributed by atoms with Crippen LogP contribution in [0.15, 0.2) is 28.9 Å². The van der Waals surface area contributed by atoms with Crippen LogP contribution in [0.3, 0.4) is 0 Å². The number of amides is 2. The van der Waals surface area contributed by atoms with Crippen LogP contribution in [0.4, 0.5) is 10.6 Å². The third-order valence-electron chi connectivity index (χ3n) is 3.91. The van der Waals surface area contributed by atoms with Gasteiger partial charge in [0.25, 0.3) is 0 Å². The third kappa shape index (κ3) is 2.87. The van der Waals surface area contributed by atoms with Gasteiger partial charge in [-0.05, 0) is 40.9 Å². The summed E-state index contributed by atoms with van der Waals surface area (Å²) in [6.45, 7) is 0.391. The lowest BCUT2D eigenvalue weighted by molar-refractivity contribution is 0.251. The van der Waals surface area contributed by atoms with Gasteiger partial charge < -0.3 is 5.32 Å². The number of rotatable bonds is 4. The molecule has 0 aliphatic heterocycles. The number of carbonyl (C=O) groups is 1. The highest BCUT2D eigenvalue weighted by molar-refractivity contribution is 5.88. The molecule has 3 aromatic rings. The number of hydrogen-bond donors (Lipinski definition) is 2. The first-order valence-electron chi connectivity index (χ1n) is 7.49. The van der Waals surface area contributed by atoms with Crippen LogP contribution in [0.5, 0.6) is 0 Å². The molecule has 23 heavy (non-hydrogen) atoms. The zero-order valence-corrected chi connectivity index (χ0v) is 12.6. The van der Waals surface area contributed by atoms with Gasteiger partial charge in [0.2, 0.25) is 0 Å². The molecule has 118 valence electrons. The average molecular weight is 312 g/mol. The van der Waals surface area contributed by atoms with Crippen molar-refractivity contribution in [3.63, 3.8) is 0 Å². The van der Waals surface area contributed by atoms with E-state index in [1.165, 1.54) is 12.8 Å². The first-order chi connectivity index (χ1) is 11.2. The maximum atomic E-state index is 12.0. The molecule has 2 amide bonds. The van der Waals surface area contributed by atoms with Gasteiger partial charge in [0.05, 0.1) is 5.69 Å². The molecule has 0 unspecified atom stereocenters. The summed E-state index contributed by atoms with van der Waals surface area (Å²) in [6, 6.07) is 7.19. The Labute approximate surface area is 131 Å². The van der Waals surface area contributed by atoms with Gasteiger partial charge in [-0.15, -0.1) is 0 Å². The van der Waals surface area contributed by atoms with Gasteiger partial charge in [-0.1, -0.05) is 6.07 Å². The van der Waals surface area contributed by atoms with Crippen LogP contribution in [0.25, 0.3) is 11.0 Å². The number of benzene rings is 1. The van der Waals surface area contributed by atoms with Crippen molar-refractivity contribution in [2.75, 3.05) is 5.32 Å². The Kier molecular flexibility index (Phi) is 3.22. The summed E-state index contributed by atoms with van der Waals surface area (Å²) in [4.78, 5) is 12.0. The van der Waals surface area contributed by atoms with Gasteiger partial charge in [-0.25, -0.2) is 9.42 Å². The molecule has 0 radical (unpaired) electrons. The van der Waals surface area contributed by atoms with Crippen molar-refractivity contribution in [2.45, 2.75) is 25.3 Å². The molecule has 4 rings (SSSR count). The Morgan fingerprint density at radius 2 is 2.13 bits per heavy atom. The number of urea groups is 1. The summed E-state index contributed by atoms with van der Waals surface area (Å²) in [6.07, 6.45) is 2.37. The topological polar surface area (TPSA) is 97.9 Å². The highest BCUT2D eigenvalue weighted by Crippen LogP contribution is 2.39. The van der Waals surface area contributed by atoms with Gasteiger partial charge in [0, 0.05) is 25.6 Å². The number of fused-ring (bicyclic) bond motifs is 1. The summed E-state index contributed by atoms with van der Waals surface area (Å²) < 4.78 is 6.35. The standard InChI is InChI=1S/C15H16N6O2/c1-21-14(7-12(18-21)10-3-4-10)17-15(22)16-8-9-2-5-11-13(6-9)20-23-19-11/h2,5-7,10H,3-4,8H2,1H3,(H2,16,17,22). The molecule has 1 aliphatic carbocycles. The monoisotopic (exact) mass is 312 g/mol. The van der Waals surface area contributed by atoms with E-state index in [0.717, 1.165) is 11.3 Å². The Balaban J connectivity index is 1.37. The summed E-state index contributed by atoms with van der Waals surface area (Å²) in [5.74, 6) is 1.25. The van der Waals surface area contributed by atoms with Crippen molar-refractivity contribution in [3.05, 3.63) is 35.5 Å². The molecule has 0 spiro atoms. The van der Waals surface area contributed by atoms with E-state index in [1.54, 1.807) is 4.68 Å². The lowest BCUT2D eigenvalue weighted by Crippen LogP contribution is -2.29. The highest BCUT2D eigenvalue weighted by Gasteiger charge is 2.27. The number of aromatic nitrogens is 4. The second-order valence-corrected chi connectivity index (χ2v) is 5.75. The normalized spacial score (nSPS) is 14.1. The molecule has 1 aromatic carbocycles. The molecule has 1 fully saturated rings. The fraction of sp³-hybridized carbons (Fsp3) is 0.333. The van der Waals surface area contributed by atoms with E-state index >= 15 is 0 Å². The molecule has 8 nitrogen and oxygen atoms in total. The van der Waals surface area contributed by atoms with Crippen LogP contribution < -0.4 is 10.6 Å². The second kappa shape index (κ2) is 5.38. The Bertz CT molecular complexity index is 864. The number of carbonyl (C=O) groups excluding carboxylic acids is 1. The lowest BCUT2D eigenvalue weighted by Gasteiger charge is -2.07. The maximum absolute atomic E-state index is 12.0. The van der Waals surface area contributed by atoms with Gasteiger partial charge >= 0.3 is 6.03 Å². The van der Waals surface area contributed by atoms with E-state index in [9.17, 15) is 4.79 Å². The first-order valence-corrected chi connectivity index (χ1v) is 7.49. The Morgan fingerprint density at radius 3 is 2.96 bits per heavy atom. The lowest BCUT2D eigenvalue weighted by atomic mass is 10.2. The smallest absolute Gasteiger partial charge is 0.320 e. The van der Waals surface area contributed by atoms with Gasteiger partial charge in [0.15, 0.2) is 0 Å². The number of hydrogen-bond acceptors (Lipinski definition) is 5. The second-order valence-electron chi connectivity index (χ2n) is 5.75. The third-order valence-corrected chi connectivity index (χ3v) is 3.91. The molecule has 0 saturated heterocycles. The minimum Gasteiger partial charge on any atom is -0.334 e. The minimum absolute atomic E-state index is 0.270. The number of nitrogens with zero attached hydrogens (tertiary/aromatic N) is 4. The van der Waals surface area contributed by atoms with Crippen molar-refractivity contribution < 1.29 is 9.42 Å². The molecule has 2 heterocycles. The number of aryl methyl sites for hydroxylation is 1. The Morgan fingerprint density at radius 1 is 1.30 bits per heavy atom. The predicted molar refractivity (Wildman–Crippen MR) is 82.8 cm³/mol. The zero-order chi connectivity index (χ0) is 15.8. The molecule has 1 saturated carbocycles. The van der Waals surface area contributed by atoms with Crippen LogP contribution in [0, 0.1) is 0 Å². The maximum Gasteiger partial charge on any atom is 0.320 e. The van der Waals surface area contributed by atoms with Crippen molar-refractivity contribution >= 4 is 22.9 Å². The van der Waals surface area contributed by atoms with Crippen molar-refractivity contribution in [1.82, 2.24) is 25.4 Å². The number of anilines is 1. The highest BCUT2D eigenvalue weighted by atomic mass is 16.6. The van der Waals surface area contributed by atoms with E-state index in [1.807, 2.05) is 31.3 Å². The molecule has 2 aromatic heterocycles. The van der Waals surface area contributed by atoms with E-state index in [4.69, 9.17) is 0 Å². The summed E-state index contributed by atoms with van der Waals surface area (Å²) in [5, 5.41) is 17.6. The summed E-state index contributed by atoms with van der Waals surface area (Å²) in [5.41, 5.74) is 3.34. The molecule has 2 N–H and O–H groups in total. The van der Waals surface area contributed by atoms with Gasteiger partial charge in [0.1, 0.15) is 16.9 Å². The van der Waals surface area contributed by atoms with E-state index in [0.29, 0.717) is 29.3 Å². The molecular weight excluding hydrogens is 296 g/mol. The largest absolute Gasteiger partial charge is 0.334 e. The van der Waals surface area contributed by atoms with Crippen molar-refractivity contribution in [1.29, 1.82) is 0 Å². The summed E-state index contributed by atoms with van der Waals surface area (Å²) >= 11 is 0. The van der Waals surface area contributed by atoms with Crippen LogP contribution in [0.2, 0.25) is 0 Å². The summed E-state index contributed by atoms with van der Waals surface area (Å²) in [7, 11) is 1.83. The molecule has 0 atom stereocenters.